The Hall–Kier alpha value is -3.16. The molecule has 7 heteroatoms. The normalized spacial score (nSPS) is 12.2. The third kappa shape index (κ3) is 5.67. The Morgan fingerprint density at radius 3 is 2.04 bits per heavy atom. The number of carbonyl (C=O) groups excluding carboxylic acids is 1. The predicted molar refractivity (Wildman–Crippen MR) is 108 cm³/mol. The van der Waals surface area contributed by atoms with Crippen molar-refractivity contribution in [3.05, 3.63) is 96.1 Å². The summed E-state index contributed by atoms with van der Waals surface area (Å²) in [5.41, 5.74) is 1.79. The standard InChI is InChI=1S/C21H20N2O4S/c22-28(25,26)15-16-11-13-18(14-12-16)23-21(24)20(17-7-3-1-4-8-17)27-19-9-5-2-6-10-19/h1-14,20H,15H2,(H,23,24)(H2,22,25,26). The number of carbonyl (C=O) groups is 1. The Bertz CT molecular complexity index is 1020. The van der Waals surface area contributed by atoms with Crippen LogP contribution in [-0.4, -0.2) is 14.3 Å². The number of ether oxygens (including phenoxy) is 1. The van der Waals surface area contributed by atoms with Crippen molar-refractivity contribution in [2.24, 2.45) is 5.14 Å². The molecule has 144 valence electrons. The topological polar surface area (TPSA) is 98.5 Å². The SMILES string of the molecule is NS(=O)(=O)Cc1ccc(NC(=O)C(Oc2ccccc2)c2ccccc2)cc1. The summed E-state index contributed by atoms with van der Waals surface area (Å²) < 4.78 is 28.3. The quantitative estimate of drug-likeness (QED) is 0.640. The minimum atomic E-state index is -3.60. The van der Waals surface area contributed by atoms with E-state index in [2.05, 4.69) is 5.32 Å². The molecule has 0 heterocycles. The Labute approximate surface area is 164 Å². The molecule has 3 aromatic carbocycles. The molecular formula is C21H20N2O4S. The second-order valence-corrected chi connectivity index (χ2v) is 7.83. The van der Waals surface area contributed by atoms with Gasteiger partial charge in [0.15, 0.2) is 0 Å². The number of primary sulfonamides is 1. The first-order valence-electron chi connectivity index (χ1n) is 8.58. The van der Waals surface area contributed by atoms with Crippen LogP contribution in [0.3, 0.4) is 0 Å². The molecule has 0 radical (unpaired) electrons. The van der Waals surface area contributed by atoms with Crippen LogP contribution in [0.4, 0.5) is 5.69 Å². The van der Waals surface area contributed by atoms with Gasteiger partial charge >= 0.3 is 0 Å². The highest BCUT2D eigenvalue weighted by molar-refractivity contribution is 7.88. The van der Waals surface area contributed by atoms with Gasteiger partial charge in [-0.15, -0.1) is 0 Å². The molecule has 0 saturated carbocycles. The molecule has 1 atom stereocenters. The lowest BCUT2D eigenvalue weighted by molar-refractivity contribution is -0.123. The van der Waals surface area contributed by atoms with Crippen molar-refractivity contribution in [1.82, 2.24) is 0 Å². The average molecular weight is 396 g/mol. The number of sulfonamides is 1. The summed E-state index contributed by atoms with van der Waals surface area (Å²) >= 11 is 0. The molecule has 1 amide bonds. The van der Waals surface area contributed by atoms with E-state index in [4.69, 9.17) is 9.88 Å². The lowest BCUT2D eigenvalue weighted by Gasteiger charge is -2.19. The van der Waals surface area contributed by atoms with Gasteiger partial charge in [-0.25, -0.2) is 13.6 Å². The van der Waals surface area contributed by atoms with E-state index in [-0.39, 0.29) is 11.7 Å². The van der Waals surface area contributed by atoms with Gasteiger partial charge in [0.05, 0.1) is 5.75 Å². The smallest absolute Gasteiger partial charge is 0.270 e. The first-order chi connectivity index (χ1) is 13.4. The van der Waals surface area contributed by atoms with E-state index in [0.717, 1.165) is 5.56 Å². The number of anilines is 1. The fourth-order valence-corrected chi connectivity index (χ4v) is 3.32. The Morgan fingerprint density at radius 1 is 0.893 bits per heavy atom. The van der Waals surface area contributed by atoms with Gasteiger partial charge in [-0.3, -0.25) is 4.79 Å². The fourth-order valence-electron chi connectivity index (χ4n) is 2.66. The maximum Gasteiger partial charge on any atom is 0.270 e. The molecule has 3 aromatic rings. The minimum absolute atomic E-state index is 0.259. The van der Waals surface area contributed by atoms with Crippen LogP contribution in [-0.2, 0) is 20.6 Å². The summed E-state index contributed by atoms with van der Waals surface area (Å²) in [6.45, 7) is 0. The molecule has 0 bridgehead atoms. The Kier molecular flexibility index (Phi) is 6.08. The second kappa shape index (κ2) is 8.69. The van der Waals surface area contributed by atoms with Gasteiger partial charge in [0.2, 0.25) is 16.1 Å². The number of hydrogen-bond donors (Lipinski definition) is 2. The van der Waals surface area contributed by atoms with E-state index < -0.39 is 16.1 Å². The van der Waals surface area contributed by atoms with Crippen molar-refractivity contribution in [2.75, 3.05) is 5.32 Å². The van der Waals surface area contributed by atoms with Crippen LogP contribution >= 0.6 is 0 Å². The number of hydrogen-bond acceptors (Lipinski definition) is 4. The van der Waals surface area contributed by atoms with E-state index in [1.165, 1.54) is 0 Å². The molecule has 28 heavy (non-hydrogen) atoms. The average Bonchev–Trinajstić information content (AvgIpc) is 2.68. The lowest BCUT2D eigenvalue weighted by Crippen LogP contribution is -2.25. The van der Waals surface area contributed by atoms with Crippen molar-refractivity contribution in [3.8, 4) is 5.75 Å². The highest BCUT2D eigenvalue weighted by atomic mass is 32.2. The van der Waals surface area contributed by atoms with Gasteiger partial charge in [-0.05, 0) is 29.8 Å². The van der Waals surface area contributed by atoms with Gasteiger partial charge in [0.1, 0.15) is 5.75 Å². The number of nitrogens with one attached hydrogen (secondary N) is 1. The molecule has 0 aliphatic carbocycles. The Morgan fingerprint density at radius 2 is 1.46 bits per heavy atom. The third-order valence-electron chi connectivity index (χ3n) is 3.93. The van der Waals surface area contributed by atoms with Gasteiger partial charge in [-0.1, -0.05) is 60.7 Å². The van der Waals surface area contributed by atoms with E-state index in [1.807, 2.05) is 48.5 Å². The molecular weight excluding hydrogens is 376 g/mol. The van der Waals surface area contributed by atoms with Crippen LogP contribution in [0.5, 0.6) is 5.75 Å². The van der Waals surface area contributed by atoms with Crippen LogP contribution in [0.2, 0.25) is 0 Å². The lowest BCUT2D eigenvalue weighted by atomic mass is 10.1. The summed E-state index contributed by atoms with van der Waals surface area (Å²) in [6.07, 6.45) is -0.840. The summed E-state index contributed by atoms with van der Waals surface area (Å²) in [5, 5.41) is 7.86. The van der Waals surface area contributed by atoms with E-state index >= 15 is 0 Å². The van der Waals surface area contributed by atoms with E-state index in [9.17, 15) is 13.2 Å². The first-order valence-corrected chi connectivity index (χ1v) is 10.3. The van der Waals surface area contributed by atoms with Gasteiger partial charge in [0, 0.05) is 11.3 Å². The minimum Gasteiger partial charge on any atom is -0.476 e. The van der Waals surface area contributed by atoms with Crippen molar-refractivity contribution < 1.29 is 17.9 Å². The molecule has 0 fully saturated rings. The fraction of sp³-hybridized carbons (Fsp3) is 0.0952. The highest BCUT2D eigenvalue weighted by Gasteiger charge is 2.23. The first kappa shape index (κ1) is 19.6. The number of amides is 1. The molecule has 0 spiro atoms. The Balaban J connectivity index is 1.77. The molecule has 3 rings (SSSR count). The zero-order valence-electron chi connectivity index (χ0n) is 15.0. The summed E-state index contributed by atoms with van der Waals surface area (Å²) in [7, 11) is -3.60. The van der Waals surface area contributed by atoms with Crippen LogP contribution in [0.25, 0.3) is 0 Å². The van der Waals surface area contributed by atoms with Crippen molar-refractivity contribution >= 4 is 21.6 Å². The molecule has 3 N–H and O–H groups in total. The van der Waals surface area contributed by atoms with Crippen molar-refractivity contribution in [2.45, 2.75) is 11.9 Å². The number of rotatable bonds is 7. The molecule has 0 aliphatic heterocycles. The van der Waals surface area contributed by atoms with Crippen molar-refractivity contribution in [1.29, 1.82) is 0 Å². The van der Waals surface area contributed by atoms with Gasteiger partial charge < -0.3 is 10.1 Å². The number of benzene rings is 3. The van der Waals surface area contributed by atoms with Gasteiger partial charge in [-0.2, -0.15) is 0 Å². The summed E-state index contributed by atoms with van der Waals surface area (Å²) in [6, 6.07) is 24.8. The van der Waals surface area contributed by atoms with Gasteiger partial charge in [0.25, 0.3) is 5.91 Å². The van der Waals surface area contributed by atoms with E-state index in [1.54, 1.807) is 36.4 Å². The molecule has 1 unspecified atom stereocenters. The molecule has 0 aliphatic rings. The number of para-hydroxylation sites is 1. The van der Waals surface area contributed by atoms with E-state index in [0.29, 0.717) is 17.0 Å². The monoisotopic (exact) mass is 396 g/mol. The van der Waals surface area contributed by atoms with Crippen LogP contribution in [0.1, 0.15) is 17.2 Å². The largest absolute Gasteiger partial charge is 0.476 e. The van der Waals surface area contributed by atoms with Crippen molar-refractivity contribution in [3.63, 3.8) is 0 Å². The van der Waals surface area contributed by atoms with Crippen LogP contribution in [0.15, 0.2) is 84.9 Å². The zero-order valence-corrected chi connectivity index (χ0v) is 15.8. The third-order valence-corrected chi connectivity index (χ3v) is 4.66. The summed E-state index contributed by atoms with van der Waals surface area (Å²) in [5.74, 6) is -0.0189. The maximum absolute atomic E-state index is 12.9. The number of nitrogens with two attached hydrogens (primary N) is 1. The molecule has 6 nitrogen and oxygen atoms in total. The summed E-state index contributed by atoms with van der Waals surface area (Å²) in [4.78, 5) is 12.9. The maximum atomic E-state index is 12.9. The zero-order chi connectivity index (χ0) is 20.0. The highest BCUT2D eigenvalue weighted by Crippen LogP contribution is 2.23. The second-order valence-electron chi connectivity index (χ2n) is 6.21. The van der Waals surface area contributed by atoms with Crippen LogP contribution < -0.4 is 15.2 Å². The predicted octanol–water partition coefficient (Wildman–Crippen LogP) is 3.23. The van der Waals surface area contributed by atoms with Crippen LogP contribution in [0, 0.1) is 0 Å². The molecule has 0 aromatic heterocycles. The molecule has 0 saturated heterocycles.